The Morgan fingerprint density at radius 3 is 2.36 bits per heavy atom. The number of piperidine rings is 1. The highest BCUT2D eigenvalue weighted by Crippen LogP contribution is 2.27. The summed E-state index contributed by atoms with van der Waals surface area (Å²) in [4.78, 5) is 12.7. The zero-order valence-electron chi connectivity index (χ0n) is 16.3. The van der Waals surface area contributed by atoms with E-state index in [2.05, 4.69) is 10.6 Å². The molecule has 1 unspecified atom stereocenters. The van der Waals surface area contributed by atoms with Crippen molar-refractivity contribution in [3.8, 4) is 0 Å². The van der Waals surface area contributed by atoms with Crippen molar-refractivity contribution in [2.75, 3.05) is 18.4 Å². The number of amides is 2. The Labute approximate surface area is 167 Å². The van der Waals surface area contributed by atoms with Crippen LogP contribution < -0.4 is 10.6 Å². The SMILES string of the molecule is Cc1ccccc1C(C)NC(=O)Nc1ccccc1S(=O)(=O)N1CCCCC1. The molecule has 3 rings (SSSR count). The van der Waals surface area contributed by atoms with Crippen molar-refractivity contribution in [2.45, 2.75) is 44.0 Å². The van der Waals surface area contributed by atoms with E-state index in [4.69, 9.17) is 0 Å². The van der Waals surface area contributed by atoms with Gasteiger partial charge in [0.15, 0.2) is 0 Å². The number of benzene rings is 2. The van der Waals surface area contributed by atoms with Crippen molar-refractivity contribution in [1.29, 1.82) is 0 Å². The summed E-state index contributed by atoms with van der Waals surface area (Å²) >= 11 is 0. The van der Waals surface area contributed by atoms with Crippen LogP contribution in [0.3, 0.4) is 0 Å². The third-order valence-corrected chi connectivity index (χ3v) is 7.03. The lowest BCUT2D eigenvalue weighted by Gasteiger charge is -2.27. The van der Waals surface area contributed by atoms with Crippen LogP contribution in [0.5, 0.6) is 0 Å². The van der Waals surface area contributed by atoms with E-state index >= 15 is 0 Å². The predicted molar refractivity (Wildman–Crippen MR) is 111 cm³/mol. The van der Waals surface area contributed by atoms with Gasteiger partial charge in [0.25, 0.3) is 0 Å². The monoisotopic (exact) mass is 401 g/mol. The Morgan fingerprint density at radius 2 is 1.64 bits per heavy atom. The Balaban J connectivity index is 1.76. The molecule has 2 aromatic carbocycles. The zero-order valence-corrected chi connectivity index (χ0v) is 17.1. The van der Waals surface area contributed by atoms with Gasteiger partial charge in [0, 0.05) is 13.1 Å². The van der Waals surface area contributed by atoms with Crippen LogP contribution in [0.25, 0.3) is 0 Å². The largest absolute Gasteiger partial charge is 0.331 e. The number of nitrogens with one attached hydrogen (secondary N) is 2. The maximum Gasteiger partial charge on any atom is 0.319 e. The van der Waals surface area contributed by atoms with Gasteiger partial charge in [0.1, 0.15) is 4.90 Å². The molecule has 28 heavy (non-hydrogen) atoms. The van der Waals surface area contributed by atoms with Crippen LogP contribution in [0, 0.1) is 6.92 Å². The van der Waals surface area contributed by atoms with Crippen LogP contribution in [0.4, 0.5) is 10.5 Å². The van der Waals surface area contributed by atoms with E-state index in [1.54, 1.807) is 24.3 Å². The first kappa shape index (κ1) is 20.4. The van der Waals surface area contributed by atoms with E-state index < -0.39 is 16.1 Å². The molecule has 2 amide bonds. The van der Waals surface area contributed by atoms with E-state index in [0.717, 1.165) is 30.4 Å². The van der Waals surface area contributed by atoms with Crippen molar-refractivity contribution in [1.82, 2.24) is 9.62 Å². The summed E-state index contributed by atoms with van der Waals surface area (Å²) in [6.45, 7) is 4.94. The van der Waals surface area contributed by atoms with Crippen LogP contribution in [-0.2, 0) is 10.0 Å². The van der Waals surface area contributed by atoms with Crippen molar-refractivity contribution < 1.29 is 13.2 Å². The topological polar surface area (TPSA) is 78.5 Å². The molecule has 1 aliphatic rings. The number of rotatable bonds is 5. The highest BCUT2D eigenvalue weighted by atomic mass is 32.2. The quantitative estimate of drug-likeness (QED) is 0.793. The first-order valence-corrected chi connectivity index (χ1v) is 11.1. The summed E-state index contributed by atoms with van der Waals surface area (Å²) in [6.07, 6.45) is 2.78. The van der Waals surface area contributed by atoms with Gasteiger partial charge < -0.3 is 10.6 Å². The Kier molecular flexibility index (Phi) is 6.36. The normalized spacial score (nSPS) is 16.4. The van der Waals surface area contributed by atoms with Crippen molar-refractivity contribution in [3.63, 3.8) is 0 Å². The highest BCUT2D eigenvalue weighted by Gasteiger charge is 2.28. The minimum Gasteiger partial charge on any atom is -0.331 e. The van der Waals surface area contributed by atoms with E-state index in [1.165, 1.54) is 4.31 Å². The second kappa shape index (κ2) is 8.75. The number of para-hydroxylation sites is 1. The number of nitrogens with zero attached hydrogens (tertiary/aromatic N) is 1. The number of sulfonamides is 1. The van der Waals surface area contributed by atoms with Crippen molar-refractivity contribution in [2.24, 2.45) is 0 Å². The van der Waals surface area contributed by atoms with Gasteiger partial charge in [0.05, 0.1) is 11.7 Å². The molecule has 150 valence electrons. The number of aryl methyl sites for hydroxylation is 1. The maximum atomic E-state index is 13.0. The van der Waals surface area contributed by atoms with E-state index in [9.17, 15) is 13.2 Å². The van der Waals surface area contributed by atoms with Crippen LogP contribution in [-0.4, -0.2) is 31.8 Å². The standard InChI is InChI=1S/C21H27N3O3S/c1-16-10-4-5-11-18(16)17(2)22-21(25)23-19-12-6-7-13-20(19)28(26,27)24-14-8-3-9-15-24/h4-7,10-13,17H,3,8-9,14-15H2,1-2H3,(H2,22,23,25). The Morgan fingerprint density at radius 1 is 1.00 bits per heavy atom. The minimum atomic E-state index is -3.63. The first-order chi connectivity index (χ1) is 13.4. The number of urea groups is 1. The zero-order chi connectivity index (χ0) is 20.1. The summed E-state index contributed by atoms with van der Waals surface area (Å²) < 4.78 is 27.6. The van der Waals surface area contributed by atoms with Gasteiger partial charge in [-0.15, -0.1) is 0 Å². The fourth-order valence-electron chi connectivity index (χ4n) is 3.54. The highest BCUT2D eigenvalue weighted by molar-refractivity contribution is 7.89. The second-order valence-electron chi connectivity index (χ2n) is 7.14. The summed E-state index contributed by atoms with van der Waals surface area (Å²) in [5.74, 6) is 0. The number of hydrogen-bond donors (Lipinski definition) is 2. The fourth-order valence-corrected chi connectivity index (χ4v) is 5.21. The molecule has 0 saturated carbocycles. The van der Waals surface area contributed by atoms with Gasteiger partial charge >= 0.3 is 6.03 Å². The molecule has 2 N–H and O–H groups in total. The molecule has 1 heterocycles. The molecule has 2 aromatic rings. The number of carbonyl (C=O) groups is 1. The van der Waals surface area contributed by atoms with Gasteiger partial charge in [-0.1, -0.05) is 42.8 Å². The summed E-state index contributed by atoms with van der Waals surface area (Å²) in [6, 6.07) is 13.8. The van der Waals surface area contributed by atoms with Crippen LogP contribution in [0.15, 0.2) is 53.4 Å². The van der Waals surface area contributed by atoms with Crippen molar-refractivity contribution >= 4 is 21.7 Å². The molecule has 7 heteroatoms. The van der Waals surface area contributed by atoms with E-state index in [1.807, 2.05) is 38.1 Å². The van der Waals surface area contributed by atoms with Crippen LogP contribution >= 0.6 is 0 Å². The summed E-state index contributed by atoms with van der Waals surface area (Å²) in [5.41, 5.74) is 2.40. The van der Waals surface area contributed by atoms with E-state index in [0.29, 0.717) is 18.8 Å². The van der Waals surface area contributed by atoms with Gasteiger partial charge in [-0.3, -0.25) is 0 Å². The first-order valence-electron chi connectivity index (χ1n) is 9.62. The van der Waals surface area contributed by atoms with Gasteiger partial charge in [-0.25, -0.2) is 13.2 Å². The number of carbonyl (C=O) groups excluding carboxylic acids is 1. The van der Waals surface area contributed by atoms with Gasteiger partial charge in [-0.2, -0.15) is 4.31 Å². The molecule has 0 aliphatic carbocycles. The van der Waals surface area contributed by atoms with Crippen LogP contribution in [0.2, 0.25) is 0 Å². The number of hydrogen-bond acceptors (Lipinski definition) is 3. The van der Waals surface area contributed by atoms with E-state index in [-0.39, 0.29) is 10.9 Å². The summed E-state index contributed by atoms with van der Waals surface area (Å²) in [5, 5.41) is 5.61. The lowest BCUT2D eigenvalue weighted by molar-refractivity contribution is 0.249. The number of anilines is 1. The molecule has 1 saturated heterocycles. The molecule has 0 aromatic heterocycles. The van der Waals surface area contributed by atoms with Gasteiger partial charge in [0.2, 0.25) is 10.0 Å². The molecule has 1 aliphatic heterocycles. The third-order valence-electron chi connectivity index (χ3n) is 5.07. The van der Waals surface area contributed by atoms with Crippen molar-refractivity contribution in [3.05, 3.63) is 59.7 Å². The smallest absolute Gasteiger partial charge is 0.319 e. The van der Waals surface area contributed by atoms with Gasteiger partial charge in [-0.05, 0) is 49.9 Å². The Bertz CT molecular complexity index is 937. The molecular weight excluding hydrogens is 374 g/mol. The summed E-state index contributed by atoms with van der Waals surface area (Å²) in [7, 11) is -3.63. The molecule has 6 nitrogen and oxygen atoms in total. The predicted octanol–water partition coefficient (Wildman–Crippen LogP) is 4.05. The lowest BCUT2D eigenvalue weighted by Crippen LogP contribution is -2.37. The van der Waals surface area contributed by atoms with Crippen LogP contribution in [0.1, 0.15) is 43.4 Å². The lowest BCUT2D eigenvalue weighted by atomic mass is 10.0. The molecule has 0 spiro atoms. The molecule has 1 atom stereocenters. The fraction of sp³-hybridized carbons (Fsp3) is 0.381. The Hall–Kier alpha value is -2.38. The minimum absolute atomic E-state index is 0.135. The molecule has 0 bridgehead atoms. The maximum absolute atomic E-state index is 13.0. The average molecular weight is 402 g/mol. The second-order valence-corrected chi connectivity index (χ2v) is 9.04. The average Bonchev–Trinajstić information content (AvgIpc) is 2.69. The molecule has 1 fully saturated rings. The third kappa shape index (κ3) is 4.54. The molecule has 0 radical (unpaired) electrons. The molecular formula is C21H27N3O3S.